The van der Waals surface area contributed by atoms with Crippen LogP contribution >= 0.6 is 11.6 Å². The Bertz CT molecular complexity index is 574. The van der Waals surface area contributed by atoms with E-state index in [0.29, 0.717) is 5.02 Å². The monoisotopic (exact) mass is 304 g/mol. The molecule has 110 valence electrons. The fourth-order valence-electron chi connectivity index (χ4n) is 2.58. The van der Waals surface area contributed by atoms with Gasteiger partial charge in [0.25, 0.3) is 0 Å². The Kier molecular flexibility index (Phi) is 5.35. The molecule has 4 nitrogen and oxygen atoms in total. The van der Waals surface area contributed by atoms with E-state index in [2.05, 4.69) is 5.32 Å². The van der Waals surface area contributed by atoms with Crippen LogP contribution in [-0.4, -0.2) is 17.7 Å². The maximum Gasteiger partial charge on any atom is 0.245 e. The van der Waals surface area contributed by atoms with Gasteiger partial charge in [0.2, 0.25) is 5.91 Å². The summed E-state index contributed by atoms with van der Waals surface area (Å²) in [6.45, 7) is 0. The average Bonchev–Trinajstić information content (AvgIpc) is 2.49. The second-order valence-corrected chi connectivity index (χ2v) is 5.72. The van der Waals surface area contributed by atoms with Gasteiger partial charge in [-0.1, -0.05) is 43.0 Å². The first-order valence-corrected chi connectivity index (χ1v) is 7.49. The third kappa shape index (κ3) is 4.05. The van der Waals surface area contributed by atoms with Gasteiger partial charge < -0.3 is 5.32 Å². The maximum absolute atomic E-state index is 12.3. The second kappa shape index (κ2) is 7.24. The van der Waals surface area contributed by atoms with Crippen molar-refractivity contribution in [2.75, 3.05) is 0 Å². The number of carbonyl (C=O) groups excluding carboxylic acids is 2. The number of amides is 1. The summed E-state index contributed by atoms with van der Waals surface area (Å²) in [5.41, 5.74) is 0.285. The standard InChI is InChI=1S/C16H17ClN2O2/c17-12-6-4-5-11(9-12)15(20)14(10-18)16(21)19-13-7-2-1-3-8-13/h4-6,9,13-14H,1-3,7-8H2,(H,19,21). The number of nitrogens with zero attached hydrogens (tertiary/aromatic N) is 1. The number of nitrogens with one attached hydrogen (secondary N) is 1. The Morgan fingerprint density at radius 2 is 2.00 bits per heavy atom. The van der Waals surface area contributed by atoms with Crippen LogP contribution in [0.15, 0.2) is 24.3 Å². The van der Waals surface area contributed by atoms with Crippen molar-refractivity contribution in [1.82, 2.24) is 5.32 Å². The third-order valence-corrected chi connectivity index (χ3v) is 3.95. The Balaban J connectivity index is 2.06. The molecule has 0 aliphatic heterocycles. The normalized spacial score (nSPS) is 16.8. The zero-order valence-corrected chi connectivity index (χ0v) is 12.4. The molecule has 21 heavy (non-hydrogen) atoms. The fourth-order valence-corrected chi connectivity index (χ4v) is 2.77. The van der Waals surface area contributed by atoms with Crippen LogP contribution in [0, 0.1) is 17.2 Å². The van der Waals surface area contributed by atoms with Crippen molar-refractivity contribution in [2.45, 2.75) is 38.1 Å². The van der Waals surface area contributed by atoms with Crippen LogP contribution < -0.4 is 5.32 Å². The highest BCUT2D eigenvalue weighted by atomic mass is 35.5. The molecule has 1 aliphatic rings. The fraction of sp³-hybridized carbons (Fsp3) is 0.438. The number of nitriles is 1. The van der Waals surface area contributed by atoms with Crippen molar-refractivity contribution in [3.63, 3.8) is 0 Å². The lowest BCUT2D eigenvalue weighted by Gasteiger charge is -2.23. The summed E-state index contributed by atoms with van der Waals surface area (Å²) in [5, 5.41) is 12.4. The smallest absolute Gasteiger partial charge is 0.245 e. The predicted molar refractivity (Wildman–Crippen MR) is 79.9 cm³/mol. The molecule has 1 fully saturated rings. The van der Waals surface area contributed by atoms with E-state index < -0.39 is 17.6 Å². The first kappa shape index (κ1) is 15.5. The van der Waals surface area contributed by atoms with Gasteiger partial charge in [0.15, 0.2) is 11.7 Å². The minimum atomic E-state index is -1.31. The molecule has 0 aromatic heterocycles. The van der Waals surface area contributed by atoms with Crippen LogP contribution in [0.4, 0.5) is 0 Å². The number of rotatable bonds is 4. The average molecular weight is 305 g/mol. The summed E-state index contributed by atoms with van der Waals surface area (Å²) in [7, 11) is 0. The number of hydrogen-bond donors (Lipinski definition) is 1. The minimum Gasteiger partial charge on any atom is -0.352 e. The maximum atomic E-state index is 12.3. The number of hydrogen-bond acceptors (Lipinski definition) is 3. The van der Waals surface area contributed by atoms with E-state index in [0.717, 1.165) is 25.7 Å². The Hall–Kier alpha value is -1.86. The number of ketones is 1. The molecule has 1 saturated carbocycles. The highest BCUT2D eigenvalue weighted by molar-refractivity contribution is 6.31. The SMILES string of the molecule is N#CC(C(=O)NC1CCCCC1)C(=O)c1cccc(Cl)c1. The molecule has 0 heterocycles. The Morgan fingerprint density at radius 1 is 1.29 bits per heavy atom. The van der Waals surface area contributed by atoms with Crippen LogP contribution in [0.2, 0.25) is 5.02 Å². The molecular weight excluding hydrogens is 288 g/mol. The van der Waals surface area contributed by atoms with Crippen LogP contribution in [-0.2, 0) is 4.79 Å². The highest BCUT2D eigenvalue weighted by Gasteiger charge is 2.29. The van der Waals surface area contributed by atoms with Gasteiger partial charge in [0.1, 0.15) is 0 Å². The van der Waals surface area contributed by atoms with E-state index in [1.807, 2.05) is 0 Å². The van der Waals surface area contributed by atoms with Crippen LogP contribution in [0.1, 0.15) is 42.5 Å². The van der Waals surface area contributed by atoms with Crippen LogP contribution in [0.3, 0.4) is 0 Å². The van der Waals surface area contributed by atoms with Crippen molar-refractivity contribution < 1.29 is 9.59 Å². The van der Waals surface area contributed by atoms with Crippen molar-refractivity contribution in [3.05, 3.63) is 34.9 Å². The number of benzene rings is 1. The van der Waals surface area contributed by atoms with E-state index in [-0.39, 0.29) is 11.6 Å². The first-order valence-electron chi connectivity index (χ1n) is 7.11. The van der Waals surface area contributed by atoms with E-state index in [4.69, 9.17) is 16.9 Å². The summed E-state index contributed by atoms with van der Waals surface area (Å²) in [4.78, 5) is 24.4. The van der Waals surface area contributed by atoms with E-state index in [1.54, 1.807) is 24.3 Å². The van der Waals surface area contributed by atoms with Gasteiger partial charge in [-0.3, -0.25) is 9.59 Å². The van der Waals surface area contributed by atoms with Crippen molar-refractivity contribution in [3.8, 4) is 6.07 Å². The molecule has 1 amide bonds. The Morgan fingerprint density at radius 3 is 2.62 bits per heavy atom. The lowest BCUT2D eigenvalue weighted by molar-refractivity contribution is -0.123. The number of halogens is 1. The molecule has 2 rings (SSSR count). The predicted octanol–water partition coefficient (Wildman–Crippen LogP) is 3.11. The van der Waals surface area contributed by atoms with Crippen molar-refractivity contribution >= 4 is 23.3 Å². The van der Waals surface area contributed by atoms with E-state index in [9.17, 15) is 9.59 Å². The van der Waals surface area contributed by atoms with Gasteiger partial charge in [-0.05, 0) is 25.0 Å². The van der Waals surface area contributed by atoms with Crippen LogP contribution in [0.25, 0.3) is 0 Å². The van der Waals surface area contributed by atoms with Crippen LogP contribution in [0.5, 0.6) is 0 Å². The quantitative estimate of drug-likeness (QED) is 0.686. The second-order valence-electron chi connectivity index (χ2n) is 5.28. The molecular formula is C16H17ClN2O2. The summed E-state index contributed by atoms with van der Waals surface area (Å²) in [6, 6.07) is 8.19. The third-order valence-electron chi connectivity index (χ3n) is 3.71. The van der Waals surface area contributed by atoms with Gasteiger partial charge in [-0.2, -0.15) is 5.26 Å². The zero-order chi connectivity index (χ0) is 15.2. The van der Waals surface area contributed by atoms with Crippen molar-refractivity contribution in [1.29, 1.82) is 5.26 Å². The topological polar surface area (TPSA) is 70.0 Å². The van der Waals surface area contributed by atoms with Gasteiger partial charge in [0, 0.05) is 16.6 Å². The molecule has 1 atom stereocenters. The van der Waals surface area contributed by atoms with E-state index >= 15 is 0 Å². The zero-order valence-electron chi connectivity index (χ0n) is 11.6. The summed E-state index contributed by atoms with van der Waals surface area (Å²) >= 11 is 5.84. The molecule has 1 unspecified atom stereocenters. The molecule has 1 aliphatic carbocycles. The van der Waals surface area contributed by atoms with Gasteiger partial charge in [-0.15, -0.1) is 0 Å². The van der Waals surface area contributed by atoms with Gasteiger partial charge in [0.05, 0.1) is 6.07 Å². The minimum absolute atomic E-state index is 0.0780. The molecule has 0 saturated heterocycles. The number of Topliss-reactive ketones (excluding diaryl/α,β-unsaturated/α-hetero) is 1. The molecule has 0 spiro atoms. The van der Waals surface area contributed by atoms with E-state index in [1.165, 1.54) is 12.5 Å². The lowest BCUT2D eigenvalue weighted by atomic mass is 9.93. The largest absolute Gasteiger partial charge is 0.352 e. The molecule has 5 heteroatoms. The summed E-state index contributed by atoms with van der Waals surface area (Å²) in [6.07, 6.45) is 5.15. The first-order chi connectivity index (χ1) is 10.1. The summed E-state index contributed by atoms with van der Waals surface area (Å²) < 4.78 is 0. The van der Waals surface area contributed by atoms with Gasteiger partial charge in [-0.25, -0.2) is 0 Å². The van der Waals surface area contributed by atoms with Gasteiger partial charge >= 0.3 is 0 Å². The molecule has 0 bridgehead atoms. The lowest BCUT2D eigenvalue weighted by Crippen LogP contribution is -2.42. The highest BCUT2D eigenvalue weighted by Crippen LogP contribution is 2.19. The number of carbonyl (C=O) groups is 2. The summed E-state index contributed by atoms with van der Waals surface area (Å²) in [5.74, 6) is -2.33. The molecule has 0 radical (unpaired) electrons. The van der Waals surface area contributed by atoms with Crippen molar-refractivity contribution in [2.24, 2.45) is 5.92 Å². The molecule has 1 N–H and O–H groups in total. The Labute approximate surface area is 129 Å². The molecule has 1 aromatic carbocycles. The molecule has 1 aromatic rings.